The molecule has 0 spiro atoms. The van der Waals surface area contributed by atoms with Crippen molar-refractivity contribution in [3.8, 4) is 5.69 Å². The first-order chi connectivity index (χ1) is 11.4. The average molecular weight is 334 g/mol. The highest BCUT2D eigenvalue weighted by Gasteiger charge is 2.21. The van der Waals surface area contributed by atoms with Crippen LogP contribution < -0.4 is 11.2 Å². The van der Waals surface area contributed by atoms with Crippen LogP contribution in [0.1, 0.15) is 26.8 Å². The third kappa shape index (κ3) is 2.26. The van der Waals surface area contributed by atoms with Crippen LogP contribution in [0.15, 0.2) is 34.1 Å². The van der Waals surface area contributed by atoms with Crippen LogP contribution in [0.25, 0.3) is 16.9 Å². The van der Waals surface area contributed by atoms with Gasteiger partial charge in [-0.15, -0.1) is 0 Å². The molecule has 0 radical (unpaired) electrons. The van der Waals surface area contributed by atoms with Crippen molar-refractivity contribution in [2.45, 2.75) is 33.4 Å². The van der Waals surface area contributed by atoms with E-state index in [9.17, 15) is 18.4 Å². The summed E-state index contributed by atoms with van der Waals surface area (Å²) in [5, 5.41) is 0. The van der Waals surface area contributed by atoms with Crippen molar-refractivity contribution in [1.82, 2.24) is 18.7 Å². The standard InChI is InChI=1S/C16H16F2N4O2/c1-4-20-8-19-14-13(20)15(23)21(9(2)3)16(24)22(14)12-6-5-10(17)7-11(12)18/h5-9H,4H2,1-3H3. The lowest BCUT2D eigenvalue weighted by Crippen LogP contribution is -2.41. The van der Waals surface area contributed by atoms with E-state index >= 15 is 0 Å². The number of hydrogen-bond donors (Lipinski definition) is 0. The molecule has 1 aromatic carbocycles. The van der Waals surface area contributed by atoms with Crippen LogP contribution in [0.3, 0.4) is 0 Å². The van der Waals surface area contributed by atoms with Gasteiger partial charge >= 0.3 is 5.69 Å². The highest BCUT2D eigenvalue weighted by molar-refractivity contribution is 5.72. The van der Waals surface area contributed by atoms with E-state index in [0.717, 1.165) is 21.3 Å². The van der Waals surface area contributed by atoms with E-state index in [1.165, 1.54) is 6.33 Å². The largest absolute Gasteiger partial charge is 0.337 e. The van der Waals surface area contributed by atoms with Crippen LogP contribution >= 0.6 is 0 Å². The molecule has 2 heterocycles. The molecule has 3 rings (SSSR count). The van der Waals surface area contributed by atoms with Crippen molar-refractivity contribution >= 4 is 11.2 Å². The maximum Gasteiger partial charge on any atom is 0.337 e. The quantitative estimate of drug-likeness (QED) is 0.738. The summed E-state index contributed by atoms with van der Waals surface area (Å²) < 4.78 is 31.1. The molecule has 0 aliphatic carbocycles. The molecule has 2 aromatic heterocycles. The summed E-state index contributed by atoms with van der Waals surface area (Å²) in [6, 6.07) is 2.48. The summed E-state index contributed by atoms with van der Waals surface area (Å²) in [4.78, 5) is 29.6. The number of imidazole rings is 1. The first-order valence-corrected chi connectivity index (χ1v) is 7.54. The molecular weight excluding hydrogens is 318 g/mol. The molecular formula is C16H16F2N4O2. The molecule has 0 saturated heterocycles. The third-order valence-corrected chi connectivity index (χ3v) is 3.86. The van der Waals surface area contributed by atoms with Crippen LogP contribution in [-0.4, -0.2) is 18.7 Å². The van der Waals surface area contributed by atoms with Gasteiger partial charge in [-0.05, 0) is 32.9 Å². The predicted molar refractivity (Wildman–Crippen MR) is 85.6 cm³/mol. The molecule has 0 aliphatic heterocycles. The van der Waals surface area contributed by atoms with Gasteiger partial charge in [-0.25, -0.2) is 23.1 Å². The fraction of sp³-hybridized carbons (Fsp3) is 0.312. The van der Waals surface area contributed by atoms with Gasteiger partial charge in [0.05, 0.1) is 12.0 Å². The molecule has 0 amide bonds. The minimum absolute atomic E-state index is 0.0502. The van der Waals surface area contributed by atoms with Crippen molar-refractivity contribution in [2.75, 3.05) is 0 Å². The Morgan fingerprint density at radius 3 is 2.50 bits per heavy atom. The summed E-state index contributed by atoms with van der Waals surface area (Å²) in [7, 11) is 0. The molecule has 0 unspecified atom stereocenters. The lowest BCUT2D eigenvalue weighted by molar-refractivity contribution is 0.531. The first kappa shape index (κ1) is 16.1. The molecule has 0 atom stereocenters. The summed E-state index contributed by atoms with van der Waals surface area (Å²) in [5.74, 6) is -1.66. The van der Waals surface area contributed by atoms with Gasteiger partial charge in [0, 0.05) is 18.7 Å². The SMILES string of the molecule is CCn1cnc2c1c(=O)n(C(C)C)c(=O)n2-c1ccc(F)cc1F. The molecule has 0 N–H and O–H groups in total. The molecule has 8 heteroatoms. The Morgan fingerprint density at radius 2 is 1.92 bits per heavy atom. The van der Waals surface area contributed by atoms with Crippen molar-refractivity contribution < 1.29 is 8.78 Å². The molecule has 0 aliphatic rings. The summed E-state index contributed by atoms with van der Waals surface area (Å²) in [5.41, 5.74) is -1.09. The smallest absolute Gasteiger partial charge is 0.325 e. The second kappa shape index (κ2) is 5.70. The highest BCUT2D eigenvalue weighted by atomic mass is 19.1. The lowest BCUT2D eigenvalue weighted by atomic mass is 10.3. The van der Waals surface area contributed by atoms with Gasteiger partial charge in [-0.2, -0.15) is 0 Å². The van der Waals surface area contributed by atoms with E-state index in [4.69, 9.17) is 0 Å². The Balaban J connectivity index is 2.54. The molecule has 3 aromatic rings. The lowest BCUT2D eigenvalue weighted by Gasteiger charge is -2.15. The number of rotatable bonds is 3. The van der Waals surface area contributed by atoms with Gasteiger partial charge in [0.2, 0.25) is 0 Å². The van der Waals surface area contributed by atoms with Crippen molar-refractivity contribution in [3.05, 3.63) is 57.0 Å². The Labute approximate surface area is 135 Å². The Hall–Kier alpha value is -2.77. The maximum atomic E-state index is 14.2. The zero-order valence-corrected chi connectivity index (χ0v) is 13.5. The number of benzene rings is 1. The average Bonchev–Trinajstić information content (AvgIpc) is 2.93. The number of hydrogen-bond acceptors (Lipinski definition) is 3. The molecule has 0 fully saturated rings. The van der Waals surface area contributed by atoms with E-state index in [0.29, 0.717) is 12.6 Å². The zero-order valence-electron chi connectivity index (χ0n) is 13.5. The molecule has 0 bridgehead atoms. The minimum atomic E-state index is -0.904. The monoisotopic (exact) mass is 334 g/mol. The first-order valence-electron chi connectivity index (χ1n) is 7.54. The van der Waals surface area contributed by atoms with Gasteiger partial charge in [0.15, 0.2) is 11.2 Å². The fourth-order valence-electron chi connectivity index (χ4n) is 2.73. The van der Waals surface area contributed by atoms with E-state index in [2.05, 4.69) is 4.98 Å². The van der Waals surface area contributed by atoms with Crippen molar-refractivity contribution in [3.63, 3.8) is 0 Å². The Morgan fingerprint density at radius 1 is 1.21 bits per heavy atom. The zero-order chi connectivity index (χ0) is 17.6. The van der Waals surface area contributed by atoms with E-state index in [1.807, 2.05) is 6.92 Å². The van der Waals surface area contributed by atoms with E-state index in [1.54, 1.807) is 18.4 Å². The van der Waals surface area contributed by atoms with Crippen LogP contribution in [0.5, 0.6) is 0 Å². The maximum absolute atomic E-state index is 14.2. The van der Waals surface area contributed by atoms with Crippen LogP contribution in [0.4, 0.5) is 8.78 Å². The molecule has 126 valence electrons. The second-order valence-electron chi connectivity index (χ2n) is 5.69. The summed E-state index contributed by atoms with van der Waals surface area (Å²) in [6.45, 7) is 5.67. The molecule has 24 heavy (non-hydrogen) atoms. The number of aryl methyl sites for hydroxylation is 1. The third-order valence-electron chi connectivity index (χ3n) is 3.86. The summed E-state index contributed by atoms with van der Waals surface area (Å²) >= 11 is 0. The fourth-order valence-corrected chi connectivity index (χ4v) is 2.73. The number of halogens is 2. The Bertz CT molecular complexity index is 1050. The van der Waals surface area contributed by atoms with Crippen LogP contribution in [0, 0.1) is 11.6 Å². The molecule has 6 nitrogen and oxygen atoms in total. The molecule has 0 saturated carbocycles. The van der Waals surface area contributed by atoms with Crippen LogP contribution in [-0.2, 0) is 6.54 Å². The van der Waals surface area contributed by atoms with E-state index < -0.39 is 28.9 Å². The number of fused-ring (bicyclic) bond motifs is 1. The van der Waals surface area contributed by atoms with E-state index in [-0.39, 0.29) is 16.9 Å². The second-order valence-corrected chi connectivity index (χ2v) is 5.69. The van der Waals surface area contributed by atoms with Gasteiger partial charge in [-0.3, -0.25) is 9.36 Å². The van der Waals surface area contributed by atoms with Gasteiger partial charge < -0.3 is 4.57 Å². The topological polar surface area (TPSA) is 61.8 Å². The summed E-state index contributed by atoms with van der Waals surface area (Å²) in [6.07, 6.45) is 1.42. The normalized spacial score (nSPS) is 11.6. The minimum Gasteiger partial charge on any atom is -0.325 e. The number of aromatic nitrogens is 4. The van der Waals surface area contributed by atoms with Crippen LogP contribution in [0.2, 0.25) is 0 Å². The van der Waals surface area contributed by atoms with Crippen molar-refractivity contribution in [1.29, 1.82) is 0 Å². The highest BCUT2D eigenvalue weighted by Crippen LogP contribution is 2.17. The number of nitrogens with zero attached hydrogens (tertiary/aromatic N) is 4. The van der Waals surface area contributed by atoms with Crippen molar-refractivity contribution in [2.24, 2.45) is 0 Å². The van der Waals surface area contributed by atoms with Gasteiger partial charge in [0.25, 0.3) is 5.56 Å². The predicted octanol–water partition coefficient (Wildman–Crippen LogP) is 2.23. The Kier molecular flexibility index (Phi) is 3.82. The van der Waals surface area contributed by atoms with Gasteiger partial charge in [0.1, 0.15) is 11.6 Å². The van der Waals surface area contributed by atoms with Gasteiger partial charge in [-0.1, -0.05) is 0 Å².